The summed E-state index contributed by atoms with van der Waals surface area (Å²) in [6.07, 6.45) is -4.79. The molecule has 0 bridgehead atoms. The highest BCUT2D eigenvalue weighted by Crippen LogP contribution is 2.35. The van der Waals surface area contributed by atoms with E-state index in [0.29, 0.717) is 11.8 Å². The summed E-state index contributed by atoms with van der Waals surface area (Å²) in [6.45, 7) is 0. The second-order valence-electron chi connectivity index (χ2n) is 5.94. The average Bonchev–Trinajstić information content (AvgIpc) is 2.63. The van der Waals surface area contributed by atoms with Crippen molar-refractivity contribution in [2.75, 3.05) is 11.4 Å². The summed E-state index contributed by atoms with van der Waals surface area (Å²) >= 11 is 0. The van der Waals surface area contributed by atoms with Crippen molar-refractivity contribution in [1.29, 1.82) is 0 Å². The lowest BCUT2D eigenvalue weighted by molar-refractivity contribution is -0.136. The molecule has 0 N–H and O–H groups in total. The highest BCUT2D eigenvalue weighted by Gasteiger charge is 2.34. The monoisotopic (exact) mass is 396 g/mol. The number of aromatic nitrogens is 1. The quantitative estimate of drug-likeness (QED) is 0.682. The number of aryl methyl sites for hydroxylation is 1. The van der Waals surface area contributed by atoms with E-state index in [2.05, 4.69) is 0 Å². The number of rotatable bonds is 3. The van der Waals surface area contributed by atoms with E-state index in [1.165, 1.54) is 26.2 Å². The maximum atomic E-state index is 13.4. The zero-order valence-corrected chi connectivity index (χ0v) is 15.2. The zero-order valence-electron chi connectivity index (χ0n) is 14.4. The molecule has 0 aliphatic carbocycles. The first kappa shape index (κ1) is 19.0. The molecule has 0 saturated heterocycles. The SMILES string of the molecule is CN(c1ccccc1)S(=O)(=O)c1ccc2c(c1)c(C(F)(F)F)cc(=O)n2C. The van der Waals surface area contributed by atoms with Crippen LogP contribution in [0.5, 0.6) is 0 Å². The molecule has 0 unspecified atom stereocenters. The molecule has 0 amide bonds. The van der Waals surface area contributed by atoms with Crippen LogP contribution in [0, 0.1) is 0 Å². The van der Waals surface area contributed by atoms with Crippen molar-refractivity contribution in [1.82, 2.24) is 4.57 Å². The first-order chi connectivity index (χ1) is 12.5. The number of sulfonamides is 1. The molecule has 3 aromatic rings. The lowest BCUT2D eigenvalue weighted by Gasteiger charge is -2.20. The summed E-state index contributed by atoms with van der Waals surface area (Å²) in [5.74, 6) is 0. The number of hydrogen-bond acceptors (Lipinski definition) is 3. The number of benzene rings is 2. The second kappa shape index (κ2) is 6.41. The van der Waals surface area contributed by atoms with Crippen molar-refractivity contribution in [3.05, 3.63) is 70.5 Å². The Balaban J connectivity index is 2.25. The van der Waals surface area contributed by atoms with Crippen LogP contribution in [0.15, 0.2) is 64.3 Å². The smallest absolute Gasteiger partial charge is 0.311 e. The molecule has 0 aliphatic heterocycles. The number of anilines is 1. The van der Waals surface area contributed by atoms with Crippen LogP contribution in [0.2, 0.25) is 0 Å². The van der Waals surface area contributed by atoms with Gasteiger partial charge in [0.15, 0.2) is 0 Å². The summed E-state index contributed by atoms with van der Waals surface area (Å²) in [5.41, 5.74) is -1.63. The van der Waals surface area contributed by atoms with E-state index in [4.69, 9.17) is 0 Å². The minimum Gasteiger partial charge on any atom is -0.311 e. The largest absolute Gasteiger partial charge is 0.417 e. The Morgan fingerprint density at radius 1 is 1.00 bits per heavy atom. The highest BCUT2D eigenvalue weighted by atomic mass is 32.2. The van der Waals surface area contributed by atoms with E-state index in [9.17, 15) is 26.4 Å². The lowest BCUT2D eigenvalue weighted by Crippen LogP contribution is -2.27. The summed E-state index contributed by atoms with van der Waals surface area (Å²) in [6, 6.07) is 12.0. The number of fused-ring (bicyclic) bond motifs is 1. The van der Waals surface area contributed by atoms with Crippen LogP contribution in [0.3, 0.4) is 0 Å². The number of hydrogen-bond donors (Lipinski definition) is 0. The molecule has 1 aromatic heterocycles. The maximum Gasteiger partial charge on any atom is 0.417 e. The van der Waals surface area contributed by atoms with Gasteiger partial charge in [0.1, 0.15) is 0 Å². The number of nitrogens with zero attached hydrogens (tertiary/aromatic N) is 2. The van der Waals surface area contributed by atoms with Crippen molar-refractivity contribution in [3.8, 4) is 0 Å². The molecule has 2 aromatic carbocycles. The number of para-hydroxylation sites is 1. The minimum atomic E-state index is -4.79. The first-order valence-electron chi connectivity index (χ1n) is 7.78. The Bertz CT molecular complexity index is 1170. The summed E-state index contributed by atoms with van der Waals surface area (Å²) < 4.78 is 67.9. The molecule has 27 heavy (non-hydrogen) atoms. The van der Waals surface area contributed by atoms with Gasteiger partial charge in [0.05, 0.1) is 21.7 Å². The third kappa shape index (κ3) is 3.30. The van der Waals surface area contributed by atoms with Crippen LogP contribution in [0.4, 0.5) is 18.9 Å². The molecule has 0 spiro atoms. The summed E-state index contributed by atoms with van der Waals surface area (Å²) in [4.78, 5) is 11.5. The van der Waals surface area contributed by atoms with Crippen molar-refractivity contribution in [3.63, 3.8) is 0 Å². The third-order valence-electron chi connectivity index (χ3n) is 4.30. The zero-order chi connectivity index (χ0) is 20.0. The van der Waals surface area contributed by atoms with E-state index < -0.39 is 27.3 Å². The molecule has 0 aliphatic rings. The van der Waals surface area contributed by atoms with Gasteiger partial charge < -0.3 is 4.57 Å². The normalized spacial score (nSPS) is 12.3. The van der Waals surface area contributed by atoms with E-state index in [0.717, 1.165) is 14.9 Å². The molecule has 3 rings (SSSR count). The highest BCUT2D eigenvalue weighted by molar-refractivity contribution is 7.92. The Kier molecular flexibility index (Phi) is 4.51. The van der Waals surface area contributed by atoms with Gasteiger partial charge in [0.2, 0.25) is 0 Å². The molecule has 5 nitrogen and oxygen atoms in total. The van der Waals surface area contributed by atoms with Crippen LogP contribution >= 0.6 is 0 Å². The molecule has 0 fully saturated rings. The first-order valence-corrected chi connectivity index (χ1v) is 9.22. The molecule has 1 heterocycles. The van der Waals surface area contributed by atoms with Crippen LogP contribution in [-0.2, 0) is 23.2 Å². The predicted octanol–water partition coefficient (Wildman–Crippen LogP) is 3.38. The van der Waals surface area contributed by atoms with Gasteiger partial charge in [0.25, 0.3) is 15.6 Å². The Morgan fingerprint density at radius 2 is 1.63 bits per heavy atom. The summed E-state index contributed by atoms with van der Waals surface area (Å²) in [7, 11) is -1.44. The molecule has 0 saturated carbocycles. The van der Waals surface area contributed by atoms with Gasteiger partial charge in [0, 0.05) is 25.5 Å². The fourth-order valence-corrected chi connectivity index (χ4v) is 3.99. The number of pyridine rings is 1. The van der Waals surface area contributed by atoms with E-state index in [-0.39, 0.29) is 15.8 Å². The molecule has 0 atom stereocenters. The van der Waals surface area contributed by atoms with Crippen LogP contribution in [0.1, 0.15) is 5.56 Å². The second-order valence-corrected chi connectivity index (χ2v) is 7.91. The Hall–Kier alpha value is -2.81. The fourth-order valence-electron chi connectivity index (χ4n) is 2.77. The Morgan fingerprint density at radius 3 is 2.22 bits per heavy atom. The molecule has 9 heteroatoms. The van der Waals surface area contributed by atoms with Crippen molar-refractivity contribution in [2.24, 2.45) is 7.05 Å². The topological polar surface area (TPSA) is 59.4 Å². The fraction of sp³-hybridized carbons (Fsp3) is 0.167. The van der Waals surface area contributed by atoms with Gasteiger partial charge >= 0.3 is 6.18 Å². The molecule has 0 radical (unpaired) electrons. The number of alkyl halides is 3. The van der Waals surface area contributed by atoms with Crippen LogP contribution < -0.4 is 9.86 Å². The number of halogens is 3. The molecule has 142 valence electrons. The maximum absolute atomic E-state index is 13.4. The Labute approximate surface area is 153 Å². The van der Waals surface area contributed by atoms with E-state index in [1.54, 1.807) is 30.3 Å². The standard InChI is InChI=1S/C18H15F3N2O3S/c1-22-16-9-8-13(10-14(16)15(11-17(22)24)18(19,20)21)27(25,26)23(2)12-6-4-3-5-7-12/h3-11H,1-2H3. The van der Waals surface area contributed by atoms with Gasteiger partial charge in [-0.1, -0.05) is 18.2 Å². The van der Waals surface area contributed by atoms with Gasteiger partial charge in [-0.05, 0) is 30.3 Å². The van der Waals surface area contributed by atoms with Crippen LogP contribution in [-0.4, -0.2) is 20.0 Å². The molecular weight excluding hydrogens is 381 g/mol. The third-order valence-corrected chi connectivity index (χ3v) is 6.08. The summed E-state index contributed by atoms with van der Waals surface area (Å²) in [5, 5.41) is -0.355. The van der Waals surface area contributed by atoms with Crippen LogP contribution in [0.25, 0.3) is 10.9 Å². The minimum absolute atomic E-state index is 0.00357. The lowest BCUT2D eigenvalue weighted by atomic mass is 10.1. The average molecular weight is 396 g/mol. The molecular formula is C18H15F3N2O3S. The van der Waals surface area contributed by atoms with E-state index in [1.807, 2.05) is 0 Å². The van der Waals surface area contributed by atoms with Gasteiger partial charge in [-0.25, -0.2) is 8.42 Å². The van der Waals surface area contributed by atoms with Gasteiger partial charge in [-0.3, -0.25) is 9.10 Å². The van der Waals surface area contributed by atoms with Crippen molar-refractivity contribution >= 4 is 26.6 Å². The van der Waals surface area contributed by atoms with Crippen molar-refractivity contribution < 1.29 is 21.6 Å². The van der Waals surface area contributed by atoms with Gasteiger partial charge in [-0.2, -0.15) is 13.2 Å². The van der Waals surface area contributed by atoms with Gasteiger partial charge in [-0.15, -0.1) is 0 Å². The van der Waals surface area contributed by atoms with E-state index >= 15 is 0 Å². The predicted molar refractivity (Wildman–Crippen MR) is 96.2 cm³/mol. The van der Waals surface area contributed by atoms with Crippen molar-refractivity contribution in [2.45, 2.75) is 11.1 Å².